The van der Waals surface area contributed by atoms with Gasteiger partial charge in [-0.15, -0.1) is 0 Å². The third-order valence-corrected chi connectivity index (χ3v) is 5.43. The second kappa shape index (κ2) is 8.16. The van der Waals surface area contributed by atoms with E-state index in [0.717, 1.165) is 17.7 Å². The third-order valence-electron chi connectivity index (χ3n) is 5.43. The van der Waals surface area contributed by atoms with Crippen LogP contribution in [0.3, 0.4) is 0 Å². The molecule has 3 rings (SSSR count). The monoisotopic (exact) mass is 362 g/mol. The molecule has 0 aliphatic carbocycles. The molecule has 2 aliphatic heterocycles. The molecule has 1 aromatic rings. The first-order valence-corrected chi connectivity index (χ1v) is 9.40. The molecule has 2 aliphatic rings. The molecule has 0 radical (unpaired) electrons. The van der Waals surface area contributed by atoms with Crippen LogP contribution in [0.25, 0.3) is 0 Å². The van der Waals surface area contributed by atoms with Crippen molar-refractivity contribution in [3.05, 3.63) is 35.6 Å². The highest BCUT2D eigenvalue weighted by Crippen LogP contribution is 2.38. The zero-order valence-electron chi connectivity index (χ0n) is 15.5. The Hall–Kier alpha value is -1.95. The Morgan fingerprint density at radius 3 is 2.88 bits per heavy atom. The number of oxime groups is 1. The maximum absolute atomic E-state index is 13.4. The highest BCUT2D eigenvalue weighted by molar-refractivity contribution is 6.01. The van der Waals surface area contributed by atoms with Crippen LogP contribution in [0.2, 0.25) is 0 Å². The van der Waals surface area contributed by atoms with Crippen LogP contribution in [0.1, 0.15) is 51.5 Å². The summed E-state index contributed by atoms with van der Waals surface area (Å²) in [5.74, 6) is -0.208. The Kier molecular flexibility index (Phi) is 5.91. The Morgan fingerprint density at radius 1 is 1.42 bits per heavy atom. The predicted octanol–water partition coefficient (Wildman–Crippen LogP) is 3.42. The molecule has 142 valence electrons. The minimum atomic E-state index is -0.487. The summed E-state index contributed by atoms with van der Waals surface area (Å²) >= 11 is 0. The molecule has 2 unspecified atom stereocenters. The van der Waals surface area contributed by atoms with Crippen LogP contribution in [0.5, 0.6) is 0 Å². The molecule has 1 amide bonds. The van der Waals surface area contributed by atoms with Crippen molar-refractivity contribution >= 4 is 11.6 Å². The summed E-state index contributed by atoms with van der Waals surface area (Å²) in [5.41, 5.74) is 0.982. The standard InChI is InChI=1S/C20H27FN2O3/c1-3-14(2)22-19(24)20(7-9-25-10-8-20)13-17-12-18(23-26-17)15-5-4-6-16(21)11-15/h4-6,11,14,17H,3,7-10,12-13H2,1-2H3,(H,22,24). The lowest BCUT2D eigenvalue weighted by atomic mass is 9.74. The van der Waals surface area contributed by atoms with E-state index in [1.165, 1.54) is 12.1 Å². The summed E-state index contributed by atoms with van der Waals surface area (Å²) in [6.07, 6.45) is 3.28. The first kappa shape index (κ1) is 18.8. The lowest BCUT2D eigenvalue weighted by Crippen LogP contribution is -2.48. The van der Waals surface area contributed by atoms with Crippen molar-refractivity contribution in [2.24, 2.45) is 10.6 Å². The first-order chi connectivity index (χ1) is 12.5. The van der Waals surface area contributed by atoms with Crippen molar-refractivity contribution in [3.8, 4) is 0 Å². The number of halogens is 1. The van der Waals surface area contributed by atoms with Gasteiger partial charge < -0.3 is 14.9 Å². The van der Waals surface area contributed by atoms with Gasteiger partial charge in [0.05, 0.1) is 11.1 Å². The maximum Gasteiger partial charge on any atom is 0.226 e. The molecule has 26 heavy (non-hydrogen) atoms. The van der Waals surface area contributed by atoms with Gasteiger partial charge >= 0.3 is 0 Å². The van der Waals surface area contributed by atoms with Crippen LogP contribution in [0, 0.1) is 11.2 Å². The second-order valence-corrected chi connectivity index (χ2v) is 7.36. The van der Waals surface area contributed by atoms with Gasteiger partial charge in [0.25, 0.3) is 0 Å². The number of nitrogens with one attached hydrogen (secondary N) is 1. The zero-order chi connectivity index (χ0) is 18.6. The summed E-state index contributed by atoms with van der Waals surface area (Å²) < 4.78 is 18.9. The molecular weight excluding hydrogens is 335 g/mol. The number of carbonyl (C=O) groups excluding carboxylic acids is 1. The molecule has 0 aromatic heterocycles. The molecule has 6 heteroatoms. The van der Waals surface area contributed by atoms with Gasteiger partial charge in [-0.05, 0) is 38.3 Å². The SMILES string of the molecule is CCC(C)NC(=O)C1(CC2CC(c3cccc(F)c3)=NO2)CCOCC1. The number of amides is 1. The zero-order valence-corrected chi connectivity index (χ0v) is 15.5. The van der Waals surface area contributed by atoms with Crippen molar-refractivity contribution in [2.75, 3.05) is 13.2 Å². The molecule has 5 nitrogen and oxygen atoms in total. The Bertz CT molecular complexity index is 671. The lowest BCUT2D eigenvalue weighted by Gasteiger charge is -2.37. The Labute approximate surface area is 153 Å². The van der Waals surface area contributed by atoms with Gasteiger partial charge in [-0.1, -0.05) is 24.2 Å². The van der Waals surface area contributed by atoms with E-state index in [1.807, 2.05) is 13.0 Å². The van der Waals surface area contributed by atoms with E-state index in [-0.39, 0.29) is 23.9 Å². The van der Waals surface area contributed by atoms with E-state index in [9.17, 15) is 9.18 Å². The topological polar surface area (TPSA) is 59.9 Å². The van der Waals surface area contributed by atoms with Crippen LogP contribution in [0.4, 0.5) is 4.39 Å². The van der Waals surface area contributed by atoms with Gasteiger partial charge in [-0.25, -0.2) is 4.39 Å². The Morgan fingerprint density at radius 2 is 2.19 bits per heavy atom. The molecule has 1 saturated heterocycles. The summed E-state index contributed by atoms with van der Waals surface area (Å²) in [6, 6.07) is 6.51. The van der Waals surface area contributed by atoms with Gasteiger partial charge in [0.15, 0.2) is 0 Å². The van der Waals surface area contributed by atoms with Crippen molar-refractivity contribution in [1.82, 2.24) is 5.32 Å². The van der Waals surface area contributed by atoms with Crippen molar-refractivity contribution in [1.29, 1.82) is 0 Å². The van der Waals surface area contributed by atoms with E-state index in [0.29, 0.717) is 38.9 Å². The van der Waals surface area contributed by atoms with E-state index in [4.69, 9.17) is 9.57 Å². The van der Waals surface area contributed by atoms with Crippen molar-refractivity contribution < 1.29 is 18.8 Å². The normalized spacial score (nSPS) is 23.0. The number of rotatable bonds is 6. The van der Waals surface area contributed by atoms with Crippen molar-refractivity contribution in [3.63, 3.8) is 0 Å². The van der Waals surface area contributed by atoms with Gasteiger partial charge in [0, 0.05) is 37.7 Å². The van der Waals surface area contributed by atoms with Gasteiger partial charge in [0.1, 0.15) is 11.9 Å². The van der Waals surface area contributed by atoms with E-state index >= 15 is 0 Å². The summed E-state index contributed by atoms with van der Waals surface area (Å²) in [6.45, 7) is 5.24. The molecule has 1 aromatic carbocycles. The highest BCUT2D eigenvalue weighted by Gasteiger charge is 2.44. The van der Waals surface area contributed by atoms with Crippen LogP contribution in [-0.2, 0) is 14.4 Å². The number of carbonyl (C=O) groups is 1. The molecule has 0 saturated carbocycles. The van der Waals surface area contributed by atoms with Crippen LogP contribution < -0.4 is 5.32 Å². The fraction of sp³-hybridized carbons (Fsp3) is 0.600. The smallest absolute Gasteiger partial charge is 0.226 e. The van der Waals surface area contributed by atoms with E-state index in [2.05, 4.69) is 17.4 Å². The summed E-state index contributed by atoms with van der Waals surface area (Å²) in [7, 11) is 0. The summed E-state index contributed by atoms with van der Waals surface area (Å²) in [4.78, 5) is 18.6. The molecular formula is C20H27FN2O3. The minimum absolute atomic E-state index is 0.0814. The Balaban J connectivity index is 1.68. The average molecular weight is 362 g/mol. The van der Waals surface area contributed by atoms with E-state index in [1.54, 1.807) is 6.07 Å². The van der Waals surface area contributed by atoms with Crippen LogP contribution >= 0.6 is 0 Å². The number of benzene rings is 1. The quantitative estimate of drug-likeness (QED) is 0.843. The van der Waals surface area contributed by atoms with E-state index < -0.39 is 5.41 Å². The minimum Gasteiger partial charge on any atom is -0.392 e. The number of hydrogen-bond donors (Lipinski definition) is 1. The summed E-state index contributed by atoms with van der Waals surface area (Å²) in [5, 5.41) is 7.28. The van der Waals surface area contributed by atoms with Gasteiger partial charge in [0.2, 0.25) is 5.91 Å². The molecule has 1 fully saturated rings. The van der Waals surface area contributed by atoms with Crippen molar-refractivity contribution in [2.45, 2.75) is 58.1 Å². The molecule has 1 N–H and O–H groups in total. The van der Waals surface area contributed by atoms with Gasteiger partial charge in [-0.2, -0.15) is 0 Å². The predicted molar refractivity (Wildman–Crippen MR) is 97.4 cm³/mol. The molecule has 2 heterocycles. The van der Waals surface area contributed by atoms with Crippen LogP contribution in [0.15, 0.2) is 29.4 Å². The van der Waals surface area contributed by atoms with Gasteiger partial charge in [-0.3, -0.25) is 4.79 Å². The van der Waals surface area contributed by atoms with Crippen LogP contribution in [-0.4, -0.2) is 37.0 Å². The fourth-order valence-corrected chi connectivity index (χ4v) is 3.58. The average Bonchev–Trinajstić information content (AvgIpc) is 3.10. The second-order valence-electron chi connectivity index (χ2n) is 7.36. The maximum atomic E-state index is 13.4. The molecule has 0 bridgehead atoms. The lowest BCUT2D eigenvalue weighted by molar-refractivity contribution is -0.140. The highest BCUT2D eigenvalue weighted by atomic mass is 19.1. The number of nitrogens with zero attached hydrogens (tertiary/aromatic N) is 1. The third kappa shape index (κ3) is 4.23. The molecule has 2 atom stereocenters. The molecule has 0 spiro atoms. The first-order valence-electron chi connectivity index (χ1n) is 9.40. The fourth-order valence-electron chi connectivity index (χ4n) is 3.58. The number of hydrogen-bond acceptors (Lipinski definition) is 4. The largest absolute Gasteiger partial charge is 0.392 e. The number of ether oxygens (including phenoxy) is 1.